The highest BCUT2D eigenvalue weighted by Crippen LogP contribution is 2.22. The molecule has 2 aromatic rings. The van der Waals surface area contributed by atoms with E-state index in [0.29, 0.717) is 10.7 Å². The van der Waals surface area contributed by atoms with Gasteiger partial charge in [-0.2, -0.15) is 0 Å². The summed E-state index contributed by atoms with van der Waals surface area (Å²) >= 11 is 1.35. The Morgan fingerprint density at radius 3 is 2.20 bits per heavy atom. The summed E-state index contributed by atoms with van der Waals surface area (Å²) in [6, 6.07) is 6.58. The molecule has 0 bridgehead atoms. The molecular formula is C18H24N4O2S. The number of carbonyl (C=O) groups excluding carboxylic acids is 2. The molecule has 0 aliphatic heterocycles. The zero-order chi connectivity index (χ0) is 18.6. The highest BCUT2D eigenvalue weighted by Gasteiger charge is 2.25. The molecule has 1 aromatic carbocycles. The molecule has 2 amide bonds. The van der Waals surface area contributed by atoms with E-state index < -0.39 is 6.04 Å². The van der Waals surface area contributed by atoms with Gasteiger partial charge in [0.15, 0.2) is 0 Å². The third-order valence-electron chi connectivity index (χ3n) is 3.71. The molecule has 7 heteroatoms. The van der Waals surface area contributed by atoms with Crippen LogP contribution in [0.25, 0.3) is 0 Å². The van der Waals surface area contributed by atoms with Crippen molar-refractivity contribution in [2.75, 3.05) is 5.32 Å². The number of aryl methyl sites for hydroxylation is 1. The summed E-state index contributed by atoms with van der Waals surface area (Å²) in [7, 11) is 0. The number of amides is 2. The number of anilines is 1. The monoisotopic (exact) mass is 360 g/mol. The van der Waals surface area contributed by atoms with Crippen LogP contribution in [0.4, 0.5) is 5.13 Å². The zero-order valence-corrected chi connectivity index (χ0v) is 16.0. The Morgan fingerprint density at radius 1 is 1.04 bits per heavy atom. The average molecular weight is 360 g/mol. The van der Waals surface area contributed by atoms with Gasteiger partial charge in [0.2, 0.25) is 11.0 Å². The van der Waals surface area contributed by atoms with Gasteiger partial charge in [-0.1, -0.05) is 56.7 Å². The largest absolute Gasteiger partial charge is 0.340 e. The van der Waals surface area contributed by atoms with Crippen molar-refractivity contribution in [3.63, 3.8) is 0 Å². The van der Waals surface area contributed by atoms with Crippen molar-refractivity contribution < 1.29 is 9.59 Å². The standard InChI is InChI=1S/C18H24N4O2S/c1-10(2)14(19-15(23)13-8-6-12(5)7-9-13)16(24)20-18-22-21-17(25-18)11(3)4/h6-11,14H,1-5H3,(H,19,23)(H,20,22,24). The highest BCUT2D eigenvalue weighted by molar-refractivity contribution is 7.15. The number of hydrogen-bond donors (Lipinski definition) is 2. The predicted octanol–water partition coefficient (Wildman–Crippen LogP) is 3.36. The number of carbonyl (C=O) groups is 2. The van der Waals surface area contributed by atoms with Gasteiger partial charge in [0, 0.05) is 11.5 Å². The lowest BCUT2D eigenvalue weighted by Gasteiger charge is -2.21. The minimum atomic E-state index is -0.653. The lowest BCUT2D eigenvalue weighted by Crippen LogP contribution is -2.47. The molecular weight excluding hydrogens is 336 g/mol. The Labute approximate surface area is 152 Å². The fraction of sp³-hybridized carbons (Fsp3) is 0.444. The van der Waals surface area contributed by atoms with Gasteiger partial charge in [-0.05, 0) is 25.0 Å². The third kappa shape index (κ3) is 5.09. The van der Waals surface area contributed by atoms with E-state index in [1.165, 1.54) is 11.3 Å². The van der Waals surface area contributed by atoms with Crippen LogP contribution in [0.15, 0.2) is 24.3 Å². The summed E-state index contributed by atoms with van der Waals surface area (Å²) in [5, 5.41) is 14.9. The molecule has 0 aliphatic carbocycles. The first kappa shape index (κ1) is 19.1. The van der Waals surface area contributed by atoms with Crippen LogP contribution in [0.2, 0.25) is 0 Å². The Bertz CT molecular complexity index is 738. The second-order valence-corrected chi connectivity index (χ2v) is 7.66. The second-order valence-electron chi connectivity index (χ2n) is 6.65. The molecule has 0 spiro atoms. The molecule has 25 heavy (non-hydrogen) atoms. The van der Waals surface area contributed by atoms with E-state index in [4.69, 9.17) is 0 Å². The van der Waals surface area contributed by atoms with Gasteiger partial charge >= 0.3 is 0 Å². The molecule has 0 saturated heterocycles. The van der Waals surface area contributed by atoms with Crippen LogP contribution in [0.5, 0.6) is 0 Å². The Morgan fingerprint density at radius 2 is 1.68 bits per heavy atom. The number of benzene rings is 1. The van der Waals surface area contributed by atoms with Crippen molar-refractivity contribution in [3.8, 4) is 0 Å². The summed E-state index contributed by atoms with van der Waals surface area (Å²) < 4.78 is 0. The van der Waals surface area contributed by atoms with Crippen molar-refractivity contribution in [2.24, 2.45) is 5.92 Å². The number of aromatic nitrogens is 2. The molecule has 2 N–H and O–H groups in total. The van der Waals surface area contributed by atoms with Gasteiger partial charge in [-0.3, -0.25) is 14.9 Å². The maximum absolute atomic E-state index is 12.6. The maximum Gasteiger partial charge on any atom is 0.251 e. The smallest absolute Gasteiger partial charge is 0.251 e. The lowest BCUT2D eigenvalue weighted by atomic mass is 10.0. The van der Waals surface area contributed by atoms with Crippen molar-refractivity contribution in [3.05, 3.63) is 40.4 Å². The summed E-state index contributed by atoms with van der Waals surface area (Å²) in [5.74, 6) is -0.368. The van der Waals surface area contributed by atoms with E-state index in [0.717, 1.165) is 10.6 Å². The van der Waals surface area contributed by atoms with E-state index in [-0.39, 0.29) is 23.7 Å². The molecule has 0 radical (unpaired) electrons. The van der Waals surface area contributed by atoms with Crippen LogP contribution < -0.4 is 10.6 Å². The highest BCUT2D eigenvalue weighted by atomic mass is 32.1. The van der Waals surface area contributed by atoms with Crippen LogP contribution in [-0.2, 0) is 4.79 Å². The molecule has 1 aromatic heterocycles. The fourth-order valence-corrected chi connectivity index (χ4v) is 2.91. The summed E-state index contributed by atoms with van der Waals surface area (Å²) in [6.07, 6.45) is 0. The molecule has 0 saturated carbocycles. The predicted molar refractivity (Wildman–Crippen MR) is 99.9 cm³/mol. The SMILES string of the molecule is Cc1ccc(C(=O)NC(C(=O)Nc2nnc(C(C)C)s2)C(C)C)cc1. The summed E-state index contributed by atoms with van der Waals surface area (Å²) in [5.41, 5.74) is 1.61. The van der Waals surface area contributed by atoms with Gasteiger partial charge < -0.3 is 5.32 Å². The van der Waals surface area contributed by atoms with Crippen LogP contribution >= 0.6 is 11.3 Å². The zero-order valence-electron chi connectivity index (χ0n) is 15.2. The number of rotatable bonds is 6. The van der Waals surface area contributed by atoms with Crippen LogP contribution in [-0.4, -0.2) is 28.1 Å². The summed E-state index contributed by atoms with van der Waals surface area (Å²) in [6.45, 7) is 9.77. The minimum Gasteiger partial charge on any atom is -0.340 e. The van der Waals surface area contributed by atoms with Crippen LogP contribution in [0.1, 0.15) is 54.5 Å². The van der Waals surface area contributed by atoms with Crippen molar-refractivity contribution >= 4 is 28.3 Å². The van der Waals surface area contributed by atoms with E-state index in [1.807, 2.05) is 46.8 Å². The molecule has 0 fully saturated rings. The first-order valence-corrected chi connectivity index (χ1v) is 9.11. The van der Waals surface area contributed by atoms with E-state index in [2.05, 4.69) is 20.8 Å². The number of hydrogen-bond acceptors (Lipinski definition) is 5. The molecule has 0 aliphatic rings. The second kappa shape index (κ2) is 8.20. The fourth-order valence-electron chi connectivity index (χ4n) is 2.17. The van der Waals surface area contributed by atoms with Gasteiger partial charge in [0.1, 0.15) is 11.0 Å². The van der Waals surface area contributed by atoms with Crippen LogP contribution in [0.3, 0.4) is 0 Å². The maximum atomic E-state index is 12.6. The molecule has 134 valence electrons. The van der Waals surface area contributed by atoms with Gasteiger partial charge in [0.25, 0.3) is 5.91 Å². The topological polar surface area (TPSA) is 84.0 Å². The van der Waals surface area contributed by atoms with Gasteiger partial charge in [0.05, 0.1) is 0 Å². The van der Waals surface area contributed by atoms with Gasteiger partial charge in [-0.25, -0.2) is 0 Å². The molecule has 1 atom stereocenters. The third-order valence-corrected chi connectivity index (χ3v) is 4.85. The quantitative estimate of drug-likeness (QED) is 0.827. The molecule has 1 unspecified atom stereocenters. The van der Waals surface area contributed by atoms with Crippen LogP contribution in [0, 0.1) is 12.8 Å². The Hall–Kier alpha value is -2.28. The normalized spacial score (nSPS) is 12.3. The first-order chi connectivity index (χ1) is 11.8. The molecule has 6 nitrogen and oxygen atoms in total. The van der Waals surface area contributed by atoms with Gasteiger partial charge in [-0.15, -0.1) is 10.2 Å². The Balaban J connectivity index is 2.07. The van der Waals surface area contributed by atoms with Crippen molar-refractivity contribution in [1.82, 2.24) is 15.5 Å². The number of nitrogens with zero attached hydrogens (tertiary/aromatic N) is 2. The first-order valence-electron chi connectivity index (χ1n) is 8.29. The van der Waals surface area contributed by atoms with Crippen molar-refractivity contribution in [2.45, 2.75) is 46.6 Å². The molecule has 2 rings (SSSR count). The molecule has 1 heterocycles. The number of nitrogens with one attached hydrogen (secondary N) is 2. The van der Waals surface area contributed by atoms with E-state index >= 15 is 0 Å². The Kier molecular flexibility index (Phi) is 6.25. The average Bonchev–Trinajstić information content (AvgIpc) is 3.01. The lowest BCUT2D eigenvalue weighted by molar-refractivity contribution is -0.118. The van der Waals surface area contributed by atoms with E-state index in [1.54, 1.807) is 12.1 Å². The van der Waals surface area contributed by atoms with E-state index in [9.17, 15) is 9.59 Å². The minimum absolute atomic E-state index is 0.0631. The summed E-state index contributed by atoms with van der Waals surface area (Å²) in [4.78, 5) is 25.0. The van der Waals surface area contributed by atoms with Crippen molar-refractivity contribution in [1.29, 1.82) is 0 Å².